The van der Waals surface area contributed by atoms with Crippen LogP contribution in [0.1, 0.15) is 11.4 Å². The van der Waals surface area contributed by atoms with Crippen LogP contribution in [0.2, 0.25) is 0 Å². The van der Waals surface area contributed by atoms with Crippen LogP contribution in [-0.2, 0) is 22.1 Å². The van der Waals surface area contributed by atoms with Gasteiger partial charge in [0, 0.05) is 3.57 Å². The van der Waals surface area contributed by atoms with Gasteiger partial charge in [-0.3, -0.25) is 4.79 Å². The number of hydrogen-bond acceptors (Lipinski definition) is 3. The second kappa shape index (κ2) is 4.98. The van der Waals surface area contributed by atoms with Crippen LogP contribution >= 0.6 is 22.6 Å². The van der Waals surface area contributed by atoms with Gasteiger partial charge in [-0.25, -0.2) is 4.98 Å². The predicted octanol–water partition coefficient (Wildman–Crippen LogP) is 2.42. The summed E-state index contributed by atoms with van der Waals surface area (Å²) in [5.41, 5.74) is -0.936. The Balaban J connectivity index is 3.04. The van der Waals surface area contributed by atoms with Gasteiger partial charge in [-0.2, -0.15) is 13.2 Å². The van der Waals surface area contributed by atoms with Crippen LogP contribution in [0, 0.1) is 3.57 Å². The molecular weight excluding hydrogens is 338 g/mol. The lowest BCUT2D eigenvalue weighted by Crippen LogP contribution is -2.13. The van der Waals surface area contributed by atoms with Gasteiger partial charge in [-0.15, -0.1) is 0 Å². The van der Waals surface area contributed by atoms with Crippen LogP contribution < -0.4 is 0 Å². The molecule has 0 amide bonds. The average Bonchev–Trinajstić information content (AvgIpc) is 2.19. The van der Waals surface area contributed by atoms with Gasteiger partial charge in [0.25, 0.3) is 0 Å². The Hall–Kier alpha value is -0.860. The van der Waals surface area contributed by atoms with Gasteiger partial charge in [-0.1, -0.05) is 0 Å². The second-order valence-electron chi connectivity index (χ2n) is 2.88. The Kier molecular flexibility index (Phi) is 4.11. The summed E-state index contributed by atoms with van der Waals surface area (Å²) < 4.78 is 41.9. The minimum Gasteiger partial charge on any atom is -0.469 e. The Labute approximate surface area is 103 Å². The number of ether oxygens (including phenoxy) is 1. The number of nitrogens with zero attached hydrogens (tertiary/aromatic N) is 1. The fourth-order valence-corrected chi connectivity index (χ4v) is 1.47. The second-order valence-corrected chi connectivity index (χ2v) is 4.04. The molecule has 0 aliphatic carbocycles. The first-order valence-electron chi connectivity index (χ1n) is 4.14. The molecule has 0 saturated carbocycles. The van der Waals surface area contributed by atoms with Gasteiger partial charge < -0.3 is 4.74 Å². The third-order valence-electron chi connectivity index (χ3n) is 1.75. The maximum absolute atomic E-state index is 12.3. The Morgan fingerprint density at radius 1 is 1.50 bits per heavy atom. The molecule has 0 saturated heterocycles. The number of rotatable bonds is 2. The number of carbonyl (C=O) groups excluding carboxylic acids is 1. The fourth-order valence-electron chi connectivity index (χ4n) is 0.975. The molecule has 0 spiro atoms. The van der Waals surface area contributed by atoms with E-state index in [9.17, 15) is 18.0 Å². The third kappa shape index (κ3) is 3.32. The lowest BCUT2D eigenvalue weighted by molar-refractivity contribution is -0.142. The number of esters is 1. The van der Waals surface area contributed by atoms with Crippen molar-refractivity contribution in [3.05, 3.63) is 27.1 Å². The summed E-state index contributed by atoms with van der Waals surface area (Å²) in [5.74, 6) is -0.621. The molecule has 7 heteroatoms. The average molecular weight is 345 g/mol. The van der Waals surface area contributed by atoms with E-state index >= 15 is 0 Å². The van der Waals surface area contributed by atoms with Crippen LogP contribution in [0.4, 0.5) is 13.2 Å². The molecule has 1 heterocycles. The highest BCUT2D eigenvalue weighted by atomic mass is 127. The number of hydrogen-bond donors (Lipinski definition) is 0. The van der Waals surface area contributed by atoms with E-state index in [4.69, 9.17) is 0 Å². The molecule has 88 valence electrons. The zero-order valence-corrected chi connectivity index (χ0v) is 10.3. The molecule has 1 rings (SSSR count). The van der Waals surface area contributed by atoms with Crippen molar-refractivity contribution in [1.29, 1.82) is 0 Å². The monoisotopic (exact) mass is 345 g/mol. The lowest BCUT2D eigenvalue weighted by Gasteiger charge is -2.08. The molecule has 0 atom stereocenters. The molecule has 0 bridgehead atoms. The molecule has 0 aliphatic rings. The van der Waals surface area contributed by atoms with E-state index in [1.807, 2.05) is 22.6 Å². The molecule has 0 radical (unpaired) electrons. The molecule has 3 nitrogen and oxygen atoms in total. The van der Waals surface area contributed by atoms with Gasteiger partial charge in [0.05, 0.1) is 19.2 Å². The van der Waals surface area contributed by atoms with Gasteiger partial charge in [0.1, 0.15) is 5.69 Å². The van der Waals surface area contributed by atoms with Crippen molar-refractivity contribution in [2.45, 2.75) is 12.6 Å². The molecule has 0 fully saturated rings. The van der Waals surface area contributed by atoms with Gasteiger partial charge >= 0.3 is 12.1 Å². The summed E-state index contributed by atoms with van der Waals surface area (Å²) in [4.78, 5) is 14.3. The highest BCUT2D eigenvalue weighted by molar-refractivity contribution is 14.1. The predicted molar refractivity (Wildman–Crippen MR) is 57.7 cm³/mol. The van der Waals surface area contributed by atoms with Gasteiger partial charge in [0.15, 0.2) is 0 Å². The Morgan fingerprint density at radius 2 is 2.12 bits per heavy atom. The van der Waals surface area contributed by atoms with E-state index in [0.29, 0.717) is 3.57 Å². The van der Waals surface area contributed by atoms with E-state index in [1.54, 1.807) is 0 Å². The van der Waals surface area contributed by atoms with Crippen LogP contribution in [0.3, 0.4) is 0 Å². The normalized spacial score (nSPS) is 11.3. The molecule has 0 aromatic carbocycles. The molecular formula is C9H7F3INO2. The van der Waals surface area contributed by atoms with Crippen molar-refractivity contribution in [3.63, 3.8) is 0 Å². The van der Waals surface area contributed by atoms with E-state index < -0.39 is 17.8 Å². The number of halogens is 4. The van der Waals surface area contributed by atoms with Crippen LogP contribution in [0.5, 0.6) is 0 Å². The molecule has 0 unspecified atom stereocenters. The third-order valence-corrected chi connectivity index (χ3v) is 2.73. The van der Waals surface area contributed by atoms with Crippen molar-refractivity contribution in [2.24, 2.45) is 0 Å². The van der Waals surface area contributed by atoms with E-state index in [-0.39, 0.29) is 12.1 Å². The first-order chi connectivity index (χ1) is 7.34. The summed E-state index contributed by atoms with van der Waals surface area (Å²) in [5, 5.41) is 0. The van der Waals surface area contributed by atoms with Crippen LogP contribution in [0.15, 0.2) is 12.1 Å². The molecule has 0 aliphatic heterocycles. The SMILES string of the molecule is COC(=O)Cc1nc(C(F)(F)F)ccc1I. The number of alkyl halides is 3. The van der Waals surface area contributed by atoms with Crippen molar-refractivity contribution in [2.75, 3.05) is 7.11 Å². The number of aromatic nitrogens is 1. The maximum Gasteiger partial charge on any atom is 0.433 e. The van der Waals surface area contributed by atoms with E-state index in [1.165, 1.54) is 13.2 Å². The zero-order valence-electron chi connectivity index (χ0n) is 8.14. The molecule has 1 aromatic rings. The van der Waals surface area contributed by atoms with Crippen molar-refractivity contribution in [1.82, 2.24) is 4.98 Å². The number of carbonyl (C=O) groups is 1. The number of pyridine rings is 1. The summed E-state index contributed by atoms with van der Waals surface area (Å²) in [6.45, 7) is 0. The summed E-state index contributed by atoms with van der Waals surface area (Å²) in [7, 11) is 1.17. The largest absolute Gasteiger partial charge is 0.469 e. The highest BCUT2D eigenvalue weighted by Crippen LogP contribution is 2.28. The van der Waals surface area contributed by atoms with Crippen molar-refractivity contribution >= 4 is 28.6 Å². The lowest BCUT2D eigenvalue weighted by atomic mass is 10.2. The maximum atomic E-state index is 12.3. The fraction of sp³-hybridized carbons (Fsp3) is 0.333. The zero-order chi connectivity index (χ0) is 12.3. The van der Waals surface area contributed by atoms with Gasteiger partial charge in [0.2, 0.25) is 0 Å². The van der Waals surface area contributed by atoms with Crippen molar-refractivity contribution < 1.29 is 22.7 Å². The van der Waals surface area contributed by atoms with Crippen molar-refractivity contribution in [3.8, 4) is 0 Å². The van der Waals surface area contributed by atoms with Gasteiger partial charge in [-0.05, 0) is 34.7 Å². The van der Waals surface area contributed by atoms with E-state index in [0.717, 1.165) is 6.07 Å². The first-order valence-corrected chi connectivity index (χ1v) is 5.22. The van der Waals surface area contributed by atoms with E-state index in [2.05, 4.69) is 9.72 Å². The quantitative estimate of drug-likeness (QED) is 0.611. The summed E-state index contributed by atoms with van der Waals surface area (Å²) in [6, 6.07) is 2.15. The minimum absolute atomic E-state index is 0.0716. The smallest absolute Gasteiger partial charge is 0.433 e. The standard InChI is InChI=1S/C9H7F3INO2/c1-16-8(15)4-6-5(13)2-3-7(14-6)9(10,11)12/h2-3H,4H2,1H3. The molecule has 0 N–H and O–H groups in total. The van der Waals surface area contributed by atoms with Crippen LogP contribution in [0.25, 0.3) is 0 Å². The van der Waals surface area contributed by atoms with Crippen LogP contribution in [-0.4, -0.2) is 18.1 Å². The highest BCUT2D eigenvalue weighted by Gasteiger charge is 2.33. The summed E-state index contributed by atoms with van der Waals surface area (Å²) in [6.07, 6.45) is -4.77. The minimum atomic E-state index is -4.50. The Bertz CT molecular complexity index is 406. The Morgan fingerprint density at radius 3 is 2.62 bits per heavy atom. The summed E-state index contributed by atoms with van der Waals surface area (Å²) >= 11 is 1.82. The topological polar surface area (TPSA) is 39.2 Å². The molecule has 1 aromatic heterocycles. The number of methoxy groups -OCH3 is 1. The first kappa shape index (κ1) is 13.2. The molecule has 16 heavy (non-hydrogen) atoms.